The summed E-state index contributed by atoms with van der Waals surface area (Å²) in [6, 6.07) is 10.3. The lowest BCUT2D eigenvalue weighted by Gasteiger charge is -2.08. The van der Waals surface area contributed by atoms with E-state index in [0.717, 1.165) is 23.7 Å². The van der Waals surface area contributed by atoms with Gasteiger partial charge in [0.1, 0.15) is 5.82 Å². The van der Waals surface area contributed by atoms with Crippen LogP contribution in [0.3, 0.4) is 0 Å². The van der Waals surface area contributed by atoms with E-state index < -0.39 is 0 Å². The molecule has 0 saturated carbocycles. The average molecular weight is 358 g/mol. The van der Waals surface area contributed by atoms with Gasteiger partial charge in [0.05, 0.1) is 17.6 Å². The minimum absolute atomic E-state index is 0.0721. The number of rotatable bonds is 5. The minimum Gasteiger partial charge on any atom is -0.309 e. The molecule has 1 unspecified atom stereocenters. The first-order valence-corrected chi connectivity index (χ1v) is 9.68. The third kappa shape index (κ3) is 3.28. The largest absolute Gasteiger partial charge is 0.309 e. The predicted molar refractivity (Wildman–Crippen MR) is 97.9 cm³/mol. The van der Waals surface area contributed by atoms with E-state index >= 15 is 0 Å². The van der Waals surface area contributed by atoms with Gasteiger partial charge in [0.15, 0.2) is 0 Å². The van der Waals surface area contributed by atoms with Gasteiger partial charge >= 0.3 is 0 Å². The first-order chi connectivity index (χ1) is 11.8. The van der Waals surface area contributed by atoms with Gasteiger partial charge in [-0.25, -0.2) is 4.68 Å². The molecule has 7 heteroatoms. The molecule has 24 heavy (non-hydrogen) atoms. The second-order valence-corrected chi connectivity index (χ2v) is 7.91. The van der Waals surface area contributed by atoms with Gasteiger partial charge in [-0.05, 0) is 43.0 Å². The number of hydrogen-bond donors (Lipinski definition) is 2. The number of hydrogen-bond acceptors (Lipinski definition) is 5. The van der Waals surface area contributed by atoms with Gasteiger partial charge in [-0.15, -0.1) is 22.7 Å². The fraction of sp³-hybridized carbons (Fsp3) is 0.294. The number of nitrogens with zero attached hydrogens (tertiary/aromatic N) is 2. The highest BCUT2D eigenvalue weighted by molar-refractivity contribution is 7.14. The number of thiophene rings is 2. The zero-order valence-electron chi connectivity index (χ0n) is 13.1. The van der Waals surface area contributed by atoms with Crippen LogP contribution in [-0.2, 0) is 6.54 Å². The van der Waals surface area contributed by atoms with Crippen molar-refractivity contribution in [2.75, 3.05) is 11.9 Å². The fourth-order valence-corrected chi connectivity index (χ4v) is 4.58. The van der Waals surface area contributed by atoms with Gasteiger partial charge in [-0.3, -0.25) is 4.79 Å². The molecule has 1 aliphatic heterocycles. The number of carbonyl (C=O) groups excluding carboxylic acids is 1. The van der Waals surface area contributed by atoms with E-state index in [-0.39, 0.29) is 5.91 Å². The lowest BCUT2D eigenvalue weighted by Crippen LogP contribution is -2.15. The van der Waals surface area contributed by atoms with E-state index in [1.54, 1.807) is 28.9 Å². The molecule has 4 heterocycles. The monoisotopic (exact) mass is 358 g/mol. The molecule has 4 rings (SSSR count). The highest BCUT2D eigenvalue weighted by Gasteiger charge is 2.20. The molecule has 0 spiro atoms. The molecule has 124 valence electrons. The quantitative estimate of drug-likeness (QED) is 0.731. The van der Waals surface area contributed by atoms with Crippen molar-refractivity contribution >= 4 is 34.4 Å². The molecule has 0 aliphatic carbocycles. The Bertz CT molecular complexity index is 815. The molecule has 1 aliphatic rings. The highest BCUT2D eigenvalue weighted by atomic mass is 32.1. The van der Waals surface area contributed by atoms with Crippen LogP contribution in [0.5, 0.6) is 0 Å². The van der Waals surface area contributed by atoms with Crippen LogP contribution >= 0.6 is 22.7 Å². The van der Waals surface area contributed by atoms with Crippen molar-refractivity contribution in [1.29, 1.82) is 0 Å². The van der Waals surface area contributed by atoms with E-state index in [0.29, 0.717) is 12.6 Å². The van der Waals surface area contributed by atoms with Crippen LogP contribution in [0.25, 0.3) is 0 Å². The van der Waals surface area contributed by atoms with E-state index in [1.165, 1.54) is 16.2 Å². The lowest BCUT2D eigenvalue weighted by molar-refractivity contribution is 0.102. The molecule has 2 N–H and O–H groups in total. The summed E-state index contributed by atoms with van der Waals surface area (Å²) < 4.78 is 1.82. The Morgan fingerprint density at radius 1 is 1.38 bits per heavy atom. The minimum atomic E-state index is -0.0721. The average Bonchev–Trinajstić information content (AvgIpc) is 3.37. The summed E-state index contributed by atoms with van der Waals surface area (Å²) in [5.74, 6) is 0.652. The summed E-state index contributed by atoms with van der Waals surface area (Å²) in [6.45, 7) is 1.73. The van der Waals surface area contributed by atoms with Crippen molar-refractivity contribution < 1.29 is 4.79 Å². The molecule has 0 radical (unpaired) electrons. The van der Waals surface area contributed by atoms with Crippen LogP contribution in [0.2, 0.25) is 0 Å². The van der Waals surface area contributed by atoms with Crippen molar-refractivity contribution in [1.82, 2.24) is 15.1 Å². The fourth-order valence-electron chi connectivity index (χ4n) is 2.88. The molecule has 3 aromatic rings. The summed E-state index contributed by atoms with van der Waals surface area (Å²) in [6.07, 6.45) is 4.06. The van der Waals surface area contributed by atoms with Gasteiger partial charge < -0.3 is 10.6 Å². The number of carbonyl (C=O) groups is 1. The Labute approximate surface area is 148 Å². The summed E-state index contributed by atoms with van der Waals surface area (Å²) in [4.78, 5) is 15.7. The number of amides is 1. The lowest BCUT2D eigenvalue weighted by atomic mass is 10.2. The molecule has 3 aromatic heterocycles. The van der Waals surface area contributed by atoms with E-state index in [4.69, 9.17) is 0 Å². The second-order valence-electron chi connectivity index (χ2n) is 5.76. The maximum absolute atomic E-state index is 12.5. The van der Waals surface area contributed by atoms with Crippen molar-refractivity contribution in [3.05, 3.63) is 56.5 Å². The Morgan fingerprint density at radius 2 is 2.33 bits per heavy atom. The number of aromatic nitrogens is 2. The summed E-state index contributed by atoms with van der Waals surface area (Å²) in [5, 5.41) is 12.8. The third-order valence-electron chi connectivity index (χ3n) is 4.10. The molecule has 1 fully saturated rings. The molecule has 1 atom stereocenters. The maximum Gasteiger partial charge on any atom is 0.266 e. The van der Waals surface area contributed by atoms with E-state index in [9.17, 15) is 4.79 Å². The van der Waals surface area contributed by atoms with Crippen LogP contribution < -0.4 is 10.6 Å². The Hall–Kier alpha value is -1.96. The van der Waals surface area contributed by atoms with E-state index in [1.807, 2.05) is 28.3 Å². The van der Waals surface area contributed by atoms with Crippen molar-refractivity contribution in [3.63, 3.8) is 0 Å². The first-order valence-electron chi connectivity index (χ1n) is 7.98. The zero-order chi connectivity index (χ0) is 16.4. The first kappa shape index (κ1) is 15.6. The Morgan fingerprint density at radius 3 is 3.12 bits per heavy atom. The van der Waals surface area contributed by atoms with Crippen molar-refractivity contribution in [2.24, 2.45) is 0 Å². The topological polar surface area (TPSA) is 59.0 Å². The van der Waals surface area contributed by atoms with Gasteiger partial charge in [-0.1, -0.05) is 6.07 Å². The number of nitrogens with one attached hydrogen (secondary N) is 2. The van der Waals surface area contributed by atoms with Crippen LogP contribution in [0.15, 0.2) is 41.9 Å². The SMILES string of the molecule is O=C(Nc1ccnn1Cc1cccs1)c1ccc(C2CCCN2)s1. The van der Waals surface area contributed by atoms with Gasteiger partial charge in [0.25, 0.3) is 5.91 Å². The zero-order valence-corrected chi connectivity index (χ0v) is 14.7. The number of anilines is 1. The maximum atomic E-state index is 12.5. The van der Waals surface area contributed by atoms with Gasteiger partial charge in [0.2, 0.25) is 0 Å². The molecule has 0 aromatic carbocycles. The van der Waals surface area contributed by atoms with E-state index in [2.05, 4.69) is 27.9 Å². The molecule has 0 bridgehead atoms. The van der Waals surface area contributed by atoms with Crippen LogP contribution in [0.1, 0.15) is 38.3 Å². The van der Waals surface area contributed by atoms with Crippen LogP contribution in [-0.4, -0.2) is 22.2 Å². The third-order valence-corrected chi connectivity index (χ3v) is 6.16. The van der Waals surface area contributed by atoms with Crippen LogP contribution in [0, 0.1) is 0 Å². The molecule has 5 nitrogen and oxygen atoms in total. The summed E-state index contributed by atoms with van der Waals surface area (Å²) in [7, 11) is 0. The Kier molecular flexibility index (Phi) is 4.46. The summed E-state index contributed by atoms with van der Waals surface area (Å²) >= 11 is 3.25. The standard InChI is InChI=1S/C17H18N4OS2/c22-17(15-6-5-14(24-15)13-4-1-8-18-13)20-16-7-9-19-21(16)11-12-3-2-10-23-12/h2-3,5-7,9-10,13,18H,1,4,8,11H2,(H,20,22). The highest BCUT2D eigenvalue weighted by Crippen LogP contribution is 2.29. The van der Waals surface area contributed by atoms with Crippen LogP contribution in [0.4, 0.5) is 5.82 Å². The van der Waals surface area contributed by atoms with Gasteiger partial charge in [0, 0.05) is 21.9 Å². The summed E-state index contributed by atoms with van der Waals surface area (Å²) in [5.41, 5.74) is 0. The normalized spacial score (nSPS) is 17.2. The molecule has 1 saturated heterocycles. The van der Waals surface area contributed by atoms with Gasteiger partial charge in [-0.2, -0.15) is 5.10 Å². The van der Waals surface area contributed by atoms with Crippen molar-refractivity contribution in [2.45, 2.75) is 25.4 Å². The molecule has 1 amide bonds. The van der Waals surface area contributed by atoms with Crippen molar-refractivity contribution in [3.8, 4) is 0 Å². The Balaban J connectivity index is 1.45. The second kappa shape index (κ2) is 6.88. The molecular weight excluding hydrogens is 340 g/mol. The predicted octanol–water partition coefficient (Wildman–Crippen LogP) is 3.73. The molecular formula is C17H18N4OS2. The smallest absolute Gasteiger partial charge is 0.266 e.